The third-order valence-corrected chi connectivity index (χ3v) is 10.8. The molecule has 0 fully saturated rings. The molecule has 0 N–H and O–H groups in total. The predicted molar refractivity (Wildman–Crippen MR) is 230 cm³/mol. The normalized spacial score (nSPS) is 11.6. The molecule has 0 aliphatic carbocycles. The van der Waals surface area contributed by atoms with Gasteiger partial charge in [0.1, 0.15) is 0 Å². The standard InChI is InChI=1S/C51H33N5/c1-3-13-34(14-4-1)36-23-27-38(28-24-36)49-52-50(39-29-25-37(26-30-39)35-15-5-2-6-16-35)54-51(53-49)56-47-22-12-9-19-43(47)44-33-40(31-32-48(44)56)55-45-20-10-7-17-41(45)42-18-8-11-21-46(42)55/h1-33H. The van der Waals surface area contributed by atoms with Crippen LogP contribution in [0.4, 0.5) is 0 Å². The fourth-order valence-corrected chi connectivity index (χ4v) is 8.12. The lowest BCUT2D eigenvalue weighted by atomic mass is 10.0. The first kappa shape index (κ1) is 31.9. The lowest BCUT2D eigenvalue weighted by Crippen LogP contribution is -2.06. The minimum atomic E-state index is 0.570. The van der Waals surface area contributed by atoms with Gasteiger partial charge in [-0.15, -0.1) is 0 Å². The van der Waals surface area contributed by atoms with Gasteiger partial charge in [0.2, 0.25) is 5.95 Å². The van der Waals surface area contributed by atoms with E-state index in [9.17, 15) is 0 Å². The smallest absolute Gasteiger partial charge is 0.238 e. The van der Waals surface area contributed by atoms with Crippen molar-refractivity contribution >= 4 is 43.6 Å². The summed E-state index contributed by atoms with van der Waals surface area (Å²) in [5, 5.41) is 4.74. The maximum absolute atomic E-state index is 5.23. The van der Waals surface area contributed by atoms with E-state index in [1.807, 2.05) is 12.1 Å². The van der Waals surface area contributed by atoms with Crippen LogP contribution in [0, 0.1) is 0 Å². The third kappa shape index (κ3) is 5.29. The number of nitrogens with zero attached hydrogens (tertiary/aromatic N) is 5. The molecule has 0 saturated carbocycles. The summed E-state index contributed by atoms with van der Waals surface area (Å²) in [4.78, 5) is 15.6. The maximum Gasteiger partial charge on any atom is 0.238 e. The van der Waals surface area contributed by atoms with Crippen molar-refractivity contribution in [2.24, 2.45) is 0 Å². The van der Waals surface area contributed by atoms with Crippen molar-refractivity contribution in [3.05, 3.63) is 200 Å². The quantitative estimate of drug-likeness (QED) is 0.172. The number of para-hydroxylation sites is 3. The SMILES string of the molecule is c1ccc(-c2ccc(-c3nc(-c4ccc(-c5ccccc5)cc4)nc(-n4c5ccccc5c5cc(-n6c7ccccc7c7ccccc76)ccc54)n3)cc2)cc1. The number of hydrogen-bond donors (Lipinski definition) is 0. The van der Waals surface area contributed by atoms with E-state index >= 15 is 0 Å². The Morgan fingerprint density at radius 2 is 0.643 bits per heavy atom. The predicted octanol–water partition coefficient (Wildman–Crippen LogP) is 12.7. The fourth-order valence-electron chi connectivity index (χ4n) is 8.12. The summed E-state index contributed by atoms with van der Waals surface area (Å²) < 4.78 is 4.55. The third-order valence-electron chi connectivity index (χ3n) is 10.8. The van der Waals surface area contributed by atoms with Gasteiger partial charge in [-0.25, -0.2) is 4.98 Å². The van der Waals surface area contributed by atoms with E-state index in [1.165, 1.54) is 32.9 Å². The molecule has 0 spiro atoms. The average Bonchev–Trinajstić information content (AvgIpc) is 3.80. The summed E-state index contributed by atoms with van der Waals surface area (Å²) in [6, 6.07) is 70.4. The molecular weight excluding hydrogens is 683 g/mol. The van der Waals surface area contributed by atoms with Crippen molar-refractivity contribution in [2.75, 3.05) is 0 Å². The fraction of sp³-hybridized carbons (Fsp3) is 0. The van der Waals surface area contributed by atoms with E-state index in [-0.39, 0.29) is 0 Å². The first-order chi connectivity index (χ1) is 27.8. The Hall–Kier alpha value is -7.63. The zero-order valence-corrected chi connectivity index (χ0v) is 30.3. The average molecular weight is 716 g/mol. The molecule has 3 heterocycles. The molecule has 56 heavy (non-hydrogen) atoms. The number of rotatable bonds is 6. The Labute approximate surface area is 323 Å². The van der Waals surface area contributed by atoms with Gasteiger partial charge in [-0.3, -0.25) is 4.57 Å². The van der Waals surface area contributed by atoms with E-state index in [0.29, 0.717) is 17.6 Å². The monoisotopic (exact) mass is 715 g/mol. The number of fused-ring (bicyclic) bond motifs is 6. The Bertz CT molecular complexity index is 3060. The molecule has 8 aromatic carbocycles. The molecule has 262 valence electrons. The number of aromatic nitrogens is 5. The second-order valence-corrected chi connectivity index (χ2v) is 14.1. The zero-order valence-electron chi connectivity index (χ0n) is 30.3. The zero-order chi connectivity index (χ0) is 37.0. The Kier molecular flexibility index (Phi) is 7.42. The highest BCUT2D eigenvalue weighted by Crippen LogP contribution is 2.37. The first-order valence-corrected chi connectivity index (χ1v) is 18.9. The molecule has 0 aliphatic heterocycles. The second-order valence-electron chi connectivity index (χ2n) is 14.1. The van der Waals surface area contributed by atoms with Crippen LogP contribution in [0.2, 0.25) is 0 Å². The molecule has 11 aromatic rings. The first-order valence-electron chi connectivity index (χ1n) is 18.9. The summed E-state index contributed by atoms with van der Waals surface area (Å²) in [5.74, 6) is 1.80. The molecule has 5 nitrogen and oxygen atoms in total. The van der Waals surface area contributed by atoms with Crippen molar-refractivity contribution in [1.29, 1.82) is 0 Å². The number of hydrogen-bond acceptors (Lipinski definition) is 3. The van der Waals surface area contributed by atoms with Gasteiger partial charge in [0, 0.05) is 38.4 Å². The molecule has 0 radical (unpaired) electrons. The van der Waals surface area contributed by atoms with Crippen LogP contribution >= 0.6 is 0 Å². The molecule has 11 rings (SSSR count). The summed E-state index contributed by atoms with van der Waals surface area (Å²) in [5.41, 5.74) is 12.0. The van der Waals surface area contributed by atoms with Gasteiger partial charge in [0.05, 0.1) is 22.1 Å². The van der Waals surface area contributed by atoms with Crippen molar-refractivity contribution in [3.8, 4) is 56.7 Å². The highest BCUT2D eigenvalue weighted by Gasteiger charge is 2.20. The molecule has 0 amide bonds. The van der Waals surface area contributed by atoms with Gasteiger partial charge in [-0.2, -0.15) is 9.97 Å². The summed E-state index contributed by atoms with van der Waals surface area (Å²) >= 11 is 0. The Morgan fingerprint density at radius 1 is 0.268 bits per heavy atom. The van der Waals surface area contributed by atoms with Crippen molar-refractivity contribution in [2.45, 2.75) is 0 Å². The summed E-state index contributed by atoms with van der Waals surface area (Å²) in [6.07, 6.45) is 0. The van der Waals surface area contributed by atoms with Crippen LogP contribution in [0.3, 0.4) is 0 Å². The molecule has 0 atom stereocenters. The molecule has 3 aromatic heterocycles. The Balaban J connectivity index is 1.11. The maximum atomic E-state index is 5.23. The van der Waals surface area contributed by atoms with Crippen LogP contribution in [0.5, 0.6) is 0 Å². The minimum Gasteiger partial charge on any atom is -0.309 e. The van der Waals surface area contributed by atoms with Crippen LogP contribution in [0.1, 0.15) is 0 Å². The van der Waals surface area contributed by atoms with Crippen molar-refractivity contribution < 1.29 is 0 Å². The molecule has 0 saturated heterocycles. The molecule has 0 bridgehead atoms. The highest BCUT2D eigenvalue weighted by atomic mass is 15.2. The van der Waals surface area contributed by atoms with Gasteiger partial charge in [0.15, 0.2) is 11.6 Å². The Morgan fingerprint density at radius 3 is 1.14 bits per heavy atom. The van der Waals surface area contributed by atoms with Crippen LogP contribution < -0.4 is 0 Å². The van der Waals surface area contributed by atoms with Gasteiger partial charge in [0.25, 0.3) is 0 Å². The minimum absolute atomic E-state index is 0.570. The van der Waals surface area contributed by atoms with E-state index in [1.54, 1.807) is 0 Å². The largest absolute Gasteiger partial charge is 0.309 e. The van der Waals surface area contributed by atoms with E-state index in [0.717, 1.165) is 49.7 Å². The van der Waals surface area contributed by atoms with Crippen molar-refractivity contribution in [3.63, 3.8) is 0 Å². The van der Waals surface area contributed by atoms with E-state index in [2.05, 4.69) is 197 Å². The topological polar surface area (TPSA) is 48.5 Å². The number of benzene rings is 8. The van der Waals surface area contributed by atoms with Gasteiger partial charge in [-0.1, -0.05) is 164 Å². The van der Waals surface area contributed by atoms with Crippen molar-refractivity contribution in [1.82, 2.24) is 24.1 Å². The van der Waals surface area contributed by atoms with E-state index < -0.39 is 0 Å². The highest BCUT2D eigenvalue weighted by molar-refractivity contribution is 6.12. The molecular formula is C51H33N5. The molecule has 0 unspecified atom stereocenters. The summed E-state index contributed by atoms with van der Waals surface area (Å²) in [7, 11) is 0. The lowest BCUT2D eigenvalue weighted by Gasteiger charge is -2.12. The van der Waals surface area contributed by atoms with Gasteiger partial charge in [-0.05, 0) is 58.7 Å². The lowest BCUT2D eigenvalue weighted by molar-refractivity contribution is 0.953. The van der Waals surface area contributed by atoms with Gasteiger partial charge >= 0.3 is 0 Å². The van der Waals surface area contributed by atoms with Crippen LogP contribution in [0.25, 0.3) is 100 Å². The van der Waals surface area contributed by atoms with Crippen LogP contribution in [-0.2, 0) is 0 Å². The summed E-state index contributed by atoms with van der Waals surface area (Å²) in [6.45, 7) is 0. The van der Waals surface area contributed by atoms with Crippen LogP contribution in [-0.4, -0.2) is 24.1 Å². The van der Waals surface area contributed by atoms with Crippen LogP contribution in [0.15, 0.2) is 200 Å². The molecule has 0 aliphatic rings. The van der Waals surface area contributed by atoms with Gasteiger partial charge < -0.3 is 4.57 Å². The molecule has 5 heteroatoms. The second kappa shape index (κ2) is 13.0. The van der Waals surface area contributed by atoms with E-state index in [4.69, 9.17) is 15.0 Å².